The number of anilines is 1. The van der Waals surface area contributed by atoms with E-state index in [2.05, 4.69) is 14.8 Å². The number of likely N-dealkylation sites (tertiary alicyclic amines) is 1. The molecule has 33 heavy (non-hydrogen) atoms. The fraction of sp³-hybridized carbons (Fsp3) is 0.640. The number of nitrogens with zero attached hydrogens (tertiary/aromatic N) is 3. The summed E-state index contributed by atoms with van der Waals surface area (Å²) < 4.78 is 37.6. The van der Waals surface area contributed by atoms with Crippen LogP contribution >= 0.6 is 0 Å². The summed E-state index contributed by atoms with van der Waals surface area (Å²) in [5.74, 6) is 0.997. The number of aromatic nitrogens is 1. The van der Waals surface area contributed by atoms with Crippen molar-refractivity contribution in [2.24, 2.45) is 0 Å². The van der Waals surface area contributed by atoms with Gasteiger partial charge in [0, 0.05) is 24.4 Å². The molecule has 0 bridgehead atoms. The van der Waals surface area contributed by atoms with E-state index < -0.39 is 0 Å². The first-order chi connectivity index (χ1) is 16.2. The standard InChI is InChI=1S/C25H32FN3O4/c26-19-1-2-23(33-21-5-10-30-11-6-21)22(13-19)18-3-8-28(9-4-18)20-14-25(32-15-20)16-29(17-25)24-27-7-12-31-24/h1-2,7,12-13,18,20-21H,3-6,8-11,14-17H2. The molecule has 178 valence electrons. The average molecular weight is 458 g/mol. The molecule has 4 saturated heterocycles. The van der Waals surface area contributed by atoms with Gasteiger partial charge in [0.15, 0.2) is 0 Å². The topological polar surface area (TPSA) is 60.2 Å². The van der Waals surface area contributed by atoms with Crippen molar-refractivity contribution in [2.45, 2.75) is 55.8 Å². The van der Waals surface area contributed by atoms with E-state index in [9.17, 15) is 4.39 Å². The highest BCUT2D eigenvalue weighted by Crippen LogP contribution is 2.41. The molecule has 5 heterocycles. The summed E-state index contributed by atoms with van der Waals surface area (Å²) >= 11 is 0. The lowest BCUT2D eigenvalue weighted by atomic mass is 9.86. The van der Waals surface area contributed by atoms with Crippen LogP contribution in [0.4, 0.5) is 10.4 Å². The molecule has 1 aromatic carbocycles. The first-order valence-corrected chi connectivity index (χ1v) is 12.2. The second-order valence-electron chi connectivity index (χ2n) is 9.94. The van der Waals surface area contributed by atoms with Crippen LogP contribution in [0.3, 0.4) is 0 Å². The van der Waals surface area contributed by atoms with Gasteiger partial charge in [0.2, 0.25) is 0 Å². The lowest BCUT2D eigenvalue weighted by Crippen LogP contribution is -2.62. The molecule has 6 rings (SSSR count). The van der Waals surface area contributed by atoms with Gasteiger partial charge >= 0.3 is 0 Å². The molecule has 4 fully saturated rings. The van der Waals surface area contributed by atoms with Gasteiger partial charge < -0.3 is 23.5 Å². The lowest BCUT2D eigenvalue weighted by molar-refractivity contribution is -0.0215. The predicted octanol–water partition coefficient (Wildman–Crippen LogP) is 3.60. The average Bonchev–Trinajstić information content (AvgIpc) is 3.51. The van der Waals surface area contributed by atoms with E-state index in [0.29, 0.717) is 18.0 Å². The van der Waals surface area contributed by atoms with Gasteiger partial charge in [-0.3, -0.25) is 4.90 Å². The minimum absolute atomic E-state index is 0.0662. The normalized spacial score (nSPS) is 26.6. The minimum Gasteiger partial charge on any atom is -0.490 e. The third-order valence-electron chi connectivity index (χ3n) is 7.76. The Morgan fingerprint density at radius 1 is 1.09 bits per heavy atom. The number of hydrogen-bond acceptors (Lipinski definition) is 7. The van der Waals surface area contributed by atoms with Gasteiger partial charge in [0.05, 0.1) is 39.1 Å². The molecule has 4 aliphatic rings. The molecule has 0 aliphatic carbocycles. The Hall–Kier alpha value is -2.16. The van der Waals surface area contributed by atoms with Crippen molar-refractivity contribution < 1.29 is 23.0 Å². The van der Waals surface area contributed by atoms with Crippen LogP contribution in [0.25, 0.3) is 0 Å². The summed E-state index contributed by atoms with van der Waals surface area (Å²) in [7, 11) is 0. The lowest BCUT2D eigenvalue weighted by Gasteiger charge is -2.46. The molecule has 1 unspecified atom stereocenters. The van der Waals surface area contributed by atoms with Crippen molar-refractivity contribution in [1.82, 2.24) is 9.88 Å². The number of ether oxygens (including phenoxy) is 3. The van der Waals surface area contributed by atoms with E-state index >= 15 is 0 Å². The maximum Gasteiger partial charge on any atom is 0.297 e. The predicted molar refractivity (Wildman–Crippen MR) is 120 cm³/mol. The third kappa shape index (κ3) is 4.36. The first-order valence-electron chi connectivity index (χ1n) is 12.2. The van der Waals surface area contributed by atoms with Crippen LogP contribution in [-0.2, 0) is 9.47 Å². The molecule has 0 N–H and O–H groups in total. The van der Waals surface area contributed by atoms with Crippen LogP contribution < -0.4 is 9.64 Å². The van der Waals surface area contributed by atoms with Gasteiger partial charge in [-0.15, -0.1) is 0 Å². The fourth-order valence-electron chi connectivity index (χ4n) is 5.93. The first kappa shape index (κ1) is 21.4. The highest BCUT2D eigenvalue weighted by molar-refractivity contribution is 5.38. The van der Waals surface area contributed by atoms with Crippen LogP contribution in [0.2, 0.25) is 0 Å². The van der Waals surface area contributed by atoms with Crippen LogP contribution in [0.5, 0.6) is 5.75 Å². The SMILES string of the molecule is Fc1ccc(OC2CCOCC2)c(C2CCN(C3COC4(C3)CN(c3ncco3)C4)CC2)c1. The second-order valence-corrected chi connectivity index (χ2v) is 9.94. The van der Waals surface area contributed by atoms with Crippen molar-refractivity contribution >= 4 is 6.01 Å². The summed E-state index contributed by atoms with van der Waals surface area (Å²) in [6.07, 6.45) is 8.32. The fourth-order valence-corrected chi connectivity index (χ4v) is 5.93. The molecule has 1 atom stereocenters. The molecule has 0 radical (unpaired) electrons. The molecule has 4 aliphatic heterocycles. The Kier molecular flexibility index (Phi) is 5.76. The van der Waals surface area contributed by atoms with Crippen LogP contribution in [-0.4, -0.2) is 73.6 Å². The number of rotatable bonds is 5. The molecule has 0 amide bonds. The summed E-state index contributed by atoms with van der Waals surface area (Å²) in [6.45, 7) is 5.95. The highest BCUT2D eigenvalue weighted by Gasteiger charge is 2.52. The number of piperidine rings is 1. The van der Waals surface area contributed by atoms with Crippen LogP contribution in [0.1, 0.15) is 43.6 Å². The van der Waals surface area contributed by atoms with Crippen LogP contribution in [0, 0.1) is 5.82 Å². The van der Waals surface area contributed by atoms with Gasteiger partial charge in [-0.25, -0.2) is 9.37 Å². The van der Waals surface area contributed by atoms with Gasteiger partial charge in [0.25, 0.3) is 6.01 Å². The molecule has 8 heteroatoms. The Morgan fingerprint density at radius 3 is 2.67 bits per heavy atom. The molecular formula is C25H32FN3O4. The van der Waals surface area contributed by atoms with E-state index in [1.165, 1.54) is 6.07 Å². The zero-order valence-electron chi connectivity index (χ0n) is 19.0. The van der Waals surface area contributed by atoms with Gasteiger partial charge in [-0.2, -0.15) is 0 Å². The number of benzene rings is 1. The summed E-state index contributed by atoms with van der Waals surface area (Å²) in [6, 6.07) is 6.15. The number of oxazole rings is 1. The minimum atomic E-state index is -0.182. The van der Waals surface area contributed by atoms with Crippen LogP contribution in [0.15, 0.2) is 35.1 Å². The van der Waals surface area contributed by atoms with Gasteiger partial charge in [-0.05, 0) is 56.5 Å². The monoisotopic (exact) mass is 457 g/mol. The van der Waals surface area contributed by atoms with Crippen molar-refractivity contribution in [3.63, 3.8) is 0 Å². The van der Waals surface area contributed by atoms with E-state index in [0.717, 1.165) is 89.4 Å². The van der Waals surface area contributed by atoms with Crippen molar-refractivity contribution in [2.75, 3.05) is 50.9 Å². The second kappa shape index (κ2) is 8.89. The van der Waals surface area contributed by atoms with E-state index in [-0.39, 0.29) is 17.5 Å². The van der Waals surface area contributed by atoms with Gasteiger partial charge in [0.1, 0.15) is 29.5 Å². The van der Waals surface area contributed by atoms with E-state index in [1.807, 2.05) is 6.07 Å². The number of halogens is 1. The number of hydrogen-bond donors (Lipinski definition) is 0. The smallest absolute Gasteiger partial charge is 0.297 e. The maximum absolute atomic E-state index is 14.1. The molecule has 1 aromatic heterocycles. The zero-order chi connectivity index (χ0) is 22.3. The zero-order valence-corrected chi connectivity index (χ0v) is 19.0. The summed E-state index contributed by atoms with van der Waals surface area (Å²) in [5, 5.41) is 0. The van der Waals surface area contributed by atoms with E-state index in [1.54, 1.807) is 18.5 Å². The Balaban J connectivity index is 1.05. The quantitative estimate of drug-likeness (QED) is 0.680. The Bertz CT molecular complexity index is 935. The Morgan fingerprint density at radius 2 is 1.91 bits per heavy atom. The highest BCUT2D eigenvalue weighted by atomic mass is 19.1. The van der Waals surface area contributed by atoms with Gasteiger partial charge in [-0.1, -0.05) is 0 Å². The largest absolute Gasteiger partial charge is 0.490 e. The molecular weight excluding hydrogens is 425 g/mol. The van der Waals surface area contributed by atoms with Crippen molar-refractivity contribution in [3.05, 3.63) is 42.0 Å². The molecule has 1 spiro atoms. The molecule has 0 saturated carbocycles. The summed E-state index contributed by atoms with van der Waals surface area (Å²) in [5.41, 5.74) is 0.962. The summed E-state index contributed by atoms with van der Waals surface area (Å²) in [4.78, 5) is 8.94. The van der Waals surface area contributed by atoms with E-state index in [4.69, 9.17) is 18.6 Å². The Labute approximate surface area is 193 Å². The molecule has 7 nitrogen and oxygen atoms in total. The molecule has 2 aromatic rings. The maximum atomic E-state index is 14.1. The van der Waals surface area contributed by atoms with Crippen molar-refractivity contribution in [1.29, 1.82) is 0 Å². The third-order valence-corrected chi connectivity index (χ3v) is 7.76. The van der Waals surface area contributed by atoms with Crippen molar-refractivity contribution in [3.8, 4) is 5.75 Å².